The Labute approximate surface area is 107 Å². The van der Waals surface area contributed by atoms with Gasteiger partial charge in [0.1, 0.15) is 6.42 Å². The van der Waals surface area contributed by atoms with E-state index in [1.807, 2.05) is 17.7 Å². The van der Waals surface area contributed by atoms with Crippen molar-refractivity contribution in [2.45, 2.75) is 13.3 Å². The molecule has 0 atom stereocenters. The maximum absolute atomic E-state index is 11.2. The Balaban J connectivity index is 2.15. The highest BCUT2D eigenvalue weighted by Crippen LogP contribution is 2.29. The summed E-state index contributed by atoms with van der Waals surface area (Å²) < 4.78 is 0. The zero-order valence-electron chi connectivity index (χ0n) is 9.06. The predicted octanol–water partition coefficient (Wildman–Crippen LogP) is 3.03. The number of amides is 1. The number of nitriles is 1. The van der Waals surface area contributed by atoms with Crippen molar-refractivity contribution < 1.29 is 4.79 Å². The van der Waals surface area contributed by atoms with Crippen LogP contribution in [0.15, 0.2) is 16.1 Å². The van der Waals surface area contributed by atoms with Gasteiger partial charge in [0.25, 0.3) is 0 Å². The summed E-state index contributed by atoms with van der Waals surface area (Å²) in [6.45, 7) is 2.03. The van der Waals surface area contributed by atoms with Gasteiger partial charge in [-0.2, -0.15) is 16.6 Å². The number of anilines is 1. The van der Waals surface area contributed by atoms with Gasteiger partial charge in [-0.15, -0.1) is 11.3 Å². The van der Waals surface area contributed by atoms with Crippen LogP contribution in [0.4, 0.5) is 5.13 Å². The normalized spacial score (nSPS) is 9.88. The van der Waals surface area contributed by atoms with Crippen LogP contribution in [0, 0.1) is 18.3 Å². The molecule has 0 spiro atoms. The molecule has 4 nitrogen and oxygen atoms in total. The van der Waals surface area contributed by atoms with Gasteiger partial charge in [-0.25, -0.2) is 4.98 Å². The molecule has 2 heterocycles. The molecule has 0 saturated heterocycles. The molecule has 6 heteroatoms. The van der Waals surface area contributed by atoms with Gasteiger partial charge in [-0.3, -0.25) is 4.79 Å². The van der Waals surface area contributed by atoms with Crippen LogP contribution in [0.3, 0.4) is 0 Å². The van der Waals surface area contributed by atoms with E-state index in [4.69, 9.17) is 5.26 Å². The van der Waals surface area contributed by atoms with Gasteiger partial charge >= 0.3 is 0 Å². The zero-order valence-corrected chi connectivity index (χ0v) is 10.7. The summed E-state index contributed by atoms with van der Waals surface area (Å²) in [5.74, 6) is -0.324. The molecule has 0 saturated carbocycles. The largest absolute Gasteiger partial charge is 0.301 e. The van der Waals surface area contributed by atoms with E-state index in [0.29, 0.717) is 5.13 Å². The Bertz CT molecular complexity index is 580. The molecule has 17 heavy (non-hydrogen) atoms. The van der Waals surface area contributed by atoms with Crippen LogP contribution in [-0.4, -0.2) is 10.9 Å². The fourth-order valence-corrected chi connectivity index (χ4v) is 2.88. The Morgan fingerprint density at radius 2 is 2.35 bits per heavy atom. The van der Waals surface area contributed by atoms with Crippen LogP contribution in [0.25, 0.3) is 11.3 Å². The van der Waals surface area contributed by atoms with Gasteiger partial charge < -0.3 is 5.32 Å². The molecular weight excluding hydrogens is 254 g/mol. The Morgan fingerprint density at radius 3 is 3.00 bits per heavy atom. The molecule has 1 N–H and O–H groups in total. The lowest BCUT2D eigenvalue weighted by molar-refractivity contribution is -0.115. The average Bonchev–Trinajstić information content (AvgIpc) is 2.87. The maximum Gasteiger partial charge on any atom is 0.240 e. The SMILES string of the molecule is Cc1cscc1-c1csc(NC(=O)CC#N)n1. The molecule has 0 aliphatic rings. The predicted molar refractivity (Wildman–Crippen MR) is 69.0 cm³/mol. The highest BCUT2D eigenvalue weighted by atomic mass is 32.1. The number of carbonyl (C=O) groups is 1. The monoisotopic (exact) mass is 263 g/mol. The van der Waals surface area contributed by atoms with Crippen molar-refractivity contribution in [3.05, 3.63) is 21.7 Å². The third-order valence-corrected chi connectivity index (χ3v) is 3.74. The highest BCUT2D eigenvalue weighted by Gasteiger charge is 2.09. The molecule has 0 radical (unpaired) electrons. The fourth-order valence-electron chi connectivity index (χ4n) is 1.31. The van der Waals surface area contributed by atoms with Crippen molar-refractivity contribution in [1.29, 1.82) is 5.26 Å². The topological polar surface area (TPSA) is 65.8 Å². The third kappa shape index (κ3) is 2.70. The molecule has 0 unspecified atom stereocenters. The molecule has 0 bridgehead atoms. The van der Waals surface area contributed by atoms with Crippen molar-refractivity contribution in [3.63, 3.8) is 0 Å². The Morgan fingerprint density at radius 1 is 1.53 bits per heavy atom. The van der Waals surface area contributed by atoms with E-state index in [9.17, 15) is 4.79 Å². The van der Waals surface area contributed by atoms with Crippen molar-refractivity contribution in [1.82, 2.24) is 4.98 Å². The summed E-state index contributed by atoms with van der Waals surface area (Å²) >= 11 is 2.99. The van der Waals surface area contributed by atoms with Gasteiger partial charge in [-0.1, -0.05) is 0 Å². The van der Waals surface area contributed by atoms with Crippen molar-refractivity contribution in [3.8, 4) is 17.3 Å². The van der Waals surface area contributed by atoms with Crippen LogP contribution < -0.4 is 5.32 Å². The molecule has 2 aromatic rings. The molecule has 0 aromatic carbocycles. The number of thiazole rings is 1. The second-order valence-corrected chi connectivity index (χ2v) is 4.99. The minimum absolute atomic E-state index is 0.146. The first-order valence-corrected chi connectivity index (χ1v) is 6.68. The van der Waals surface area contributed by atoms with E-state index in [0.717, 1.165) is 11.3 Å². The van der Waals surface area contributed by atoms with Crippen molar-refractivity contribution >= 4 is 33.7 Å². The first-order chi connectivity index (χ1) is 8.20. The Hall–Kier alpha value is -1.71. The number of nitrogens with one attached hydrogen (secondary N) is 1. The first kappa shape index (κ1) is 11.8. The molecule has 0 aliphatic heterocycles. The second kappa shape index (κ2) is 5.08. The molecule has 86 valence electrons. The number of aryl methyl sites for hydroxylation is 1. The fraction of sp³-hybridized carbons (Fsp3) is 0.182. The minimum atomic E-state index is -0.324. The number of nitrogens with zero attached hydrogens (tertiary/aromatic N) is 2. The first-order valence-electron chi connectivity index (χ1n) is 4.86. The van der Waals surface area contributed by atoms with Crippen LogP contribution >= 0.6 is 22.7 Å². The summed E-state index contributed by atoms with van der Waals surface area (Å²) in [7, 11) is 0. The quantitative estimate of drug-likeness (QED) is 0.925. The summed E-state index contributed by atoms with van der Waals surface area (Å²) in [6, 6.07) is 1.80. The van der Waals surface area contributed by atoms with Crippen molar-refractivity contribution in [2.24, 2.45) is 0 Å². The molecule has 2 aromatic heterocycles. The van der Waals surface area contributed by atoms with Crippen LogP contribution in [0.1, 0.15) is 12.0 Å². The molecule has 0 aliphatic carbocycles. The van der Waals surface area contributed by atoms with Gasteiger partial charge in [0.2, 0.25) is 5.91 Å². The van der Waals surface area contributed by atoms with E-state index < -0.39 is 0 Å². The van der Waals surface area contributed by atoms with Gasteiger partial charge in [0, 0.05) is 16.3 Å². The zero-order chi connectivity index (χ0) is 12.3. The average molecular weight is 263 g/mol. The van der Waals surface area contributed by atoms with E-state index in [2.05, 4.69) is 15.7 Å². The Kier molecular flexibility index (Phi) is 3.52. The molecule has 0 fully saturated rings. The molecular formula is C11H9N3OS2. The van der Waals surface area contributed by atoms with Gasteiger partial charge in [-0.05, 0) is 17.9 Å². The molecule has 1 amide bonds. The van der Waals surface area contributed by atoms with Gasteiger partial charge in [0.05, 0.1) is 11.8 Å². The van der Waals surface area contributed by atoms with E-state index in [-0.39, 0.29) is 12.3 Å². The van der Waals surface area contributed by atoms with Crippen LogP contribution in [0.2, 0.25) is 0 Å². The maximum atomic E-state index is 11.2. The summed E-state index contributed by atoms with van der Waals surface area (Å²) in [6.07, 6.45) is -0.146. The number of hydrogen-bond donors (Lipinski definition) is 1. The number of thiophene rings is 1. The lowest BCUT2D eigenvalue weighted by Crippen LogP contribution is -2.09. The summed E-state index contributed by atoms with van der Waals surface area (Å²) in [4.78, 5) is 15.5. The third-order valence-electron chi connectivity index (χ3n) is 2.12. The number of hydrogen-bond acceptors (Lipinski definition) is 5. The molecule has 2 rings (SSSR count). The standard InChI is InChI=1S/C11H9N3OS2/c1-7-4-16-5-8(7)9-6-17-11(13-9)14-10(15)2-3-12/h4-6H,2H2,1H3,(H,13,14,15). The lowest BCUT2D eigenvalue weighted by atomic mass is 10.2. The van der Waals surface area contributed by atoms with E-state index in [1.165, 1.54) is 16.9 Å². The number of aromatic nitrogens is 1. The van der Waals surface area contributed by atoms with Gasteiger partial charge in [0.15, 0.2) is 5.13 Å². The van der Waals surface area contributed by atoms with Crippen LogP contribution in [0.5, 0.6) is 0 Å². The minimum Gasteiger partial charge on any atom is -0.301 e. The number of rotatable bonds is 3. The lowest BCUT2D eigenvalue weighted by Gasteiger charge is -1.96. The van der Waals surface area contributed by atoms with Crippen molar-refractivity contribution in [2.75, 3.05) is 5.32 Å². The summed E-state index contributed by atoms with van der Waals surface area (Å²) in [5.41, 5.74) is 3.13. The summed E-state index contributed by atoms with van der Waals surface area (Å²) in [5, 5.41) is 17.5. The highest BCUT2D eigenvalue weighted by molar-refractivity contribution is 7.14. The van der Waals surface area contributed by atoms with Crippen LogP contribution in [-0.2, 0) is 4.79 Å². The van der Waals surface area contributed by atoms with E-state index >= 15 is 0 Å². The smallest absolute Gasteiger partial charge is 0.240 e. The number of carbonyl (C=O) groups excluding carboxylic acids is 1. The van der Waals surface area contributed by atoms with E-state index in [1.54, 1.807) is 17.4 Å². The second-order valence-electron chi connectivity index (χ2n) is 3.39.